The van der Waals surface area contributed by atoms with Crippen molar-refractivity contribution in [3.63, 3.8) is 0 Å². The Hall–Kier alpha value is -3.76. The van der Waals surface area contributed by atoms with E-state index in [9.17, 15) is 18.0 Å². The fraction of sp³-hybridized carbons (Fsp3) is 0.375. The highest BCUT2D eigenvalue weighted by molar-refractivity contribution is 7.92. The summed E-state index contributed by atoms with van der Waals surface area (Å²) in [5.74, 6) is -0.291. The Labute approximate surface area is 259 Å². The SMILES string of the molecule is CC[C@@H](C(=O)NC(C)(C)C)N(Cc1cccc(C)c1)C(=O)CN(c1ccc(Cl)cc1)S(=O)(=O)c1ccc(OC)c(OC)c1. The van der Waals surface area contributed by atoms with E-state index in [0.717, 1.165) is 15.4 Å². The molecule has 43 heavy (non-hydrogen) atoms. The van der Waals surface area contributed by atoms with Crippen LogP contribution in [0.5, 0.6) is 11.5 Å². The minimum Gasteiger partial charge on any atom is -0.493 e. The van der Waals surface area contributed by atoms with E-state index in [1.165, 1.54) is 49.5 Å². The first kappa shape index (κ1) is 33.7. The van der Waals surface area contributed by atoms with Crippen molar-refractivity contribution >= 4 is 39.1 Å². The number of nitrogens with zero attached hydrogens (tertiary/aromatic N) is 2. The van der Waals surface area contributed by atoms with Crippen LogP contribution in [0.1, 0.15) is 45.2 Å². The lowest BCUT2D eigenvalue weighted by molar-refractivity contribution is -0.141. The first-order valence-electron chi connectivity index (χ1n) is 13.9. The molecule has 3 aromatic carbocycles. The van der Waals surface area contributed by atoms with Crippen LogP contribution in [0.15, 0.2) is 71.6 Å². The molecule has 0 aliphatic rings. The van der Waals surface area contributed by atoms with Crippen LogP contribution in [0, 0.1) is 6.92 Å². The van der Waals surface area contributed by atoms with E-state index in [4.69, 9.17) is 21.1 Å². The minimum atomic E-state index is -4.31. The number of hydrogen-bond acceptors (Lipinski definition) is 6. The highest BCUT2D eigenvalue weighted by Crippen LogP contribution is 2.33. The Morgan fingerprint density at radius 1 is 0.953 bits per heavy atom. The molecule has 1 atom stereocenters. The van der Waals surface area contributed by atoms with E-state index in [1.807, 2.05) is 58.9 Å². The summed E-state index contributed by atoms with van der Waals surface area (Å²) < 4.78 is 39.9. The molecule has 9 nitrogen and oxygen atoms in total. The third-order valence-corrected chi connectivity index (χ3v) is 8.68. The average molecular weight is 630 g/mol. The number of hydrogen-bond donors (Lipinski definition) is 1. The van der Waals surface area contributed by atoms with Crippen LogP contribution in [0.25, 0.3) is 0 Å². The van der Waals surface area contributed by atoms with Crippen LogP contribution >= 0.6 is 11.6 Å². The zero-order valence-electron chi connectivity index (χ0n) is 25.7. The van der Waals surface area contributed by atoms with Gasteiger partial charge < -0.3 is 19.7 Å². The van der Waals surface area contributed by atoms with Gasteiger partial charge in [-0.3, -0.25) is 13.9 Å². The van der Waals surface area contributed by atoms with E-state index in [0.29, 0.717) is 17.2 Å². The van der Waals surface area contributed by atoms with Crippen molar-refractivity contribution in [1.29, 1.82) is 0 Å². The quantitative estimate of drug-likeness (QED) is 0.280. The van der Waals surface area contributed by atoms with Crippen molar-refractivity contribution in [2.24, 2.45) is 0 Å². The van der Waals surface area contributed by atoms with Gasteiger partial charge in [-0.25, -0.2) is 8.42 Å². The highest BCUT2D eigenvalue weighted by atomic mass is 35.5. The summed E-state index contributed by atoms with van der Waals surface area (Å²) in [4.78, 5) is 29.0. The second kappa shape index (κ2) is 14.1. The molecule has 0 aliphatic heterocycles. The number of carbonyl (C=O) groups excluding carboxylic acids is 2. The minimum absolute atomic E-state index is 0.101. The van der Waals surface area contributed by atoms with Gasteiger partial charge >= 0.3 is 0 Å². The standard InChI is InChI=1S/C32H40ClN3O6S/c1-8-27(31(38)34-32(3,4)5)35(20-23-11-9-10-22(2)18-23)30(37)21-36(25-14-12-24(33)13-15-25)43(39,40)26-16-17-28(41-6)29(19-26)42-7/h9-19,27H,8,20-21H2,1-7H3,(H,34,38)/t27-/m0/s1. The van der Waals surface area contributed by atoms with E-state index >= 15 is 0 Å². The molecule has 0 unspecified atom stereocenters. The lowest BCUT2D eigenvalue weighted by Gasteiger charge is -2.35. The Kier molecular flexibility index (Phi) is 11.1. The van der Waals surface area contributed by atoms with Crippen molar-refractivity contribution in [3.05, 3.63) is 82.9 Å². The third-order valence-electron chi connectivity index (χ3n) is 6.66. The molecule has 0 radical (unpaired) electrons. The molecule has 0 saturated heterocycles. The number of sulfonamides is 1. The number of halogens is 1. The van der Waals surface area contributed by atoms with Gasteiger partial charge in [0, 0.05) is 23.2 Å². The van der Waals surface area contributed by atoms with Gasteiger partial charge in [0.05, 0.1) is 24.8 Å². The lowest BCUT2D eigenvalue weighted by atomic mass is 10.0. The van der Waals surface area contributed by atoms with E-state index in [2.05, 4.69) is 5.32 Å². The maximum Gasteiger partial charge on any atom is 0.264 e. The van der Waals surface area contributed by atoms with Crippen LogP contribution in [-0.4, -0.2) is 57.5 Å². The van der Waals surface area contributed by atoms with Gasteiger partial charge in [0.1, 0.15) is 12.6 Å². The zero-order chi connectivity index (χ0) is 31.9. The number of methoxy groups -OCH3 is 2. The summed E-state index contributed by atoms with van der Waals surface area (Å²) in [6.45, 7) is 8.90. The summed E-state index contributed by atoms with van der Waals surface area (Å²) in [7, 11) is -1.45. The molecule has 1 N–H and O–H groups in total. The molecule has 0 aromatic heterocycles. The van der Waals surface area contributed by atoms with Crippen LogP contribution < -0.4 is 19.1 Å². The number of ether oxygens (including phenoxy) is 2. The van der Waals surface area contributed by atoms with Crippen LogP contribution in [0.4, 0.5) is 5.69 Å². The first-order chi connectivity index (χ1) is 20.2. The largest absolute Gasteiger partial charge is 0.493 e. The molecule has 0 saturated carbocycles. The Morgan fingerprint density at radius 3 is 2.16 bits per heavy atom. The second-order valence-electron chi connectivity index (χ2n) is 11.2. The molecule has 0 fully saturated rings. The number of rotatable bonds is 12. The van der Waals surface area contributed by atoms with Crippen LogP contribution in [0.3, 0.4) is 0 Å². The molecular weight excluding hydrogens is 590 g/mol. The van der Waals surface area contributed by atoms with Crippen molar-refractivity contribution < 1.29 is 27.5 Å². The fourth-order valence-electron chi connectivity index (χ4n) is 4.62. The predicted octanol–water partition coefficient (Wildman–Crippen LogP) is 5.58. The zero-order valence-corrected chi connectivity index (χ0v) is 27.3. The second-order valence-corrected chi connectivity index (χ2v) is 13.5. The molecule has 11 heteroatoms. The summed E-state index contributed by atoms with van der Waals surface area (Å²) in [6, 6.07) is 17.2. The summed E-state index contributed by atoms with van der Waals surface area (Å²) >= 11 is 6.11. The third kappa shape index (κ3) is 8.64. The number of aryl methyl sites for hydroxylation is 1. The van der Waals surface area contributed by atoms with Crippen molar-refractivity contribution in [2.45, 2.75) is 64.1 Å². The summed E-state index contributed by atoms with van der Waals surface area (Å²) in [5.41, 5.74) is 1.51. The Bertz CT molecular complexity index is 1540. The molecule has 0 aliphatic carbocycles. The topological polar surface area (TPSA) is 105 Å². The van der Waals surface area contributed by atoms with Gasteiger partial charge in [-0.05, 0) is 76.1 Å². The average Bonchev–Trinajstić information content (AvgIpc) is 2.94. The number of nitrogens with one attached hydrogen (secondary N) is 1. The molecule has 0 heterocycles. The monoisotopic (exact) mass is 629 g/mol. The van der Waals surface area contributed by atoms with Gasteiger partial charge in [0.25, 0.3) is 10.0 Å². The summed E-state index contributed by atoms with van der Waals surface area (Å²) in [5, 5.41) is 3.38. The highest BCUT2D eigenvalue weighted by Gasteiger charge is 2.35. The van der Waals surface area contributed by atoms with Crippen LogP contribution in [-0.2, 0) is 26.2 Å². The van der Waals surface area contributed by atoms with Gasteiger partial charge in [-0.1, -0.05) is 48.4 Å². The van der Waals surface area contributed by atoms with E-state index < -0.39 is 34.1 Å². The summed E-state index contributed by atoms with van der Waals surface area (Å²) in [6.07, 6.45) is 0.322. The molecule has 0 bridgehead atoms. The molecule has 3 aromatic rings. The Morgan fingerprint density at radius 2 is 1.60 bits per heavy atom. The molecular formula is C32H40ClN3O6S. The number of benzene rings is 3. The van der Waals surface area contributed by atoms with Crippen molar-refractivity contribution in [2.75, 3.05) is 25.1 Å². The maximum absolute atomic E-state index is 14.2. The van der Waals surface area contributed by atoms with Gasteiger partial charge in [0.15, 0.2) is 11.5 Å². The van der Waals surface area contributed by atoms with Crippen LogP contribution in [0.2, 0.25) is 5.02 Å². The predicted molar refractivity (Wildman–Crippen MR) is 169 cm³/mol. The van der Waals surface area contributed by atoms with E-state index in [1.54, 1.807) is 12.1 Å². The van der Waals surface area contributed by atoms with Crippen molar-refractivity contribution in [1.82, 2.24) is 10.2 Å². The van der Waals surface area contributed by atoms with Gasteiger partial charge in [-0.2, -0.15) is 0 Å². The molecule has 0 spiro atoms. The van der Waals surface area contributed by atoms with Crippen molar-refractivity contribution in [3.8, 4) is 11.5 Å². The maximum atomic E-state index is 14.2. The normalized spacial score (nSPS) is 12.3. The van der Waals surface area contributed by atoms with E-state index in [-0.39, 0.29) is 28.8 Å². The van der Waals surface area contributed by atoms with Gasteiger partial charge in [-0.15, -0.1) is 0 Å². The lowest BCUT2D eigenvalue weighted by Crippen LogP contribution is -2.55. The molecule has 232 valence electrons. The number of amides is 2. The fourth-order valence-corrected chi connectivity index (χ4v) is 6.18. The van der Waals surface area contributed by atoms with Gasteiger partial charge in [0.2, 0.25) is 11.8 Å². The number of carbonyl (C=O) groups is 2. The Balaban J connectivity index is 2.11. The first-order valence-corrected chi connectivity index (χ1v) is 15.7. The molecule has 3 rings (SSSR count). The molecule has 2 amide bonds. The smallest absolute Gasteiger partial charge is 0.264 e. The number of anilines is 1.